The zero-order chi connectivity index (χ0) is 13.4. The third-order valence-electron chi connectivity index (χ3n) is 3.37. The molecular weight excluding hydrogens is 258 g/mol. The number of hydrogen-bond acceptors (Lipinski definition) is 4. The van der Waals surface area contributed by atoms with E-state index in [1.807, 2.05) is 37.2 Å². The Labute approximate surface area is 117 Å². The summed E-state index contributed by atoms with van der Waals surface area (Å²) in [6.45, 7) is 1.59. The maximum absolute atomic E-state index is 12.1. The molecule has 1 amide bonds. The molecule has 1 aromatic rings. The Morgan fingerprint density at radius 3 is 3.00 bits per heavy atom. The first-order chi connectivity index (χ1) is 9.15. The van der Waals surface area contributed by atoms with Gasteiger partial charge in [-0.05, 0) is 26.2 Å². The molecule has 19 heavy (non-hydrogen) atoms. The first kappa shape index (κ1) is 12.7. The molecule has 0 aromatic heterocycles. The highest BCUT2D eigenvalue weighted by Crippen LogP contribution is 2.42. The molecule has 1 aromatic carbocycles. The molecule has 0 aliphatic carbocycles. The summed E-state index contributed by atoms with van der Waals surface area (Å²) in [5, 5.41) is 0.199. The molecule has 1 saturated heterocycles. The molecule has 2 aliphatic rings. The lowest BCUT2D eigenvalue weighted by Gasteiger charge is -2.24. The number of likely N-dealkylation sites (N-methyl/N-ethyl adjacent to an activating group) is 1. The summed E-state index contributed by atoms with van der Waals surface area (Å²) >= 11 is 1.76. The minimum atomic E-state index is 0.199. The highest BCUT2D eigenvalue weighted by atomic mass is 32.2. The molecule has 0 radical (unpaired) electrons. The molecule has 0 spiro atoms. The van der Waals surface area contributed by atoms with Crippen LogP contribution in [0.4, 0.5) is 5.69 Å². The maximum Gasteiger partial charge on any atom is 0.229 e. The Bertz CT molecular complexity index is 541. The smallest absolute Gasteiger partial charge is 0.229 e. The van der Waals surface area contributed by atoms with Crippen LogP contribution in [0.15, 0.2) is 34.2 Å². The number of nitrogens with zero attached hydrogens (tertiary/aromatic N) is 3. The molecule has 0 saturated carbocycles. The van der Waals surface area contributed by atoms with Gasteiger partial charge in [0.25, 0.3) is 0 Å². The summed E-state index contributed by atoms with van der Waals surface area (Å²) in [5.74, 6) is 1.14. The lowest BCUT2D eigenvalue weighted by molar-refractivity contribution is -0.125. The van der Waals surface area contributed by atoms with Crippen LogP contribution in [-0.4, -0.2) is 54.0 Å². The van der Waals surface area contributed by atoms with Crippen LogP contribution in [0.5, 0.6) is 0 Å². The monoisotopic (exact) mass is 275 g/mol. The molecule has 2 heterocycles. The van der Waals surface area contributed by atoms with Gasteiger partial charge in [0, 0.05) is 24.4 Å². The van der Waals surface area contributed by atoms with Crippen molar-refractivity contribution in [3.63, 3.8) is 0 Å². The third kappa shape index (κ3) is 2.40. The Kier molecular flexibility index (Phi) is 3.33. The van der Waals surface area contributed by atoms with Crippen LogP contribution < -0.4 is 0 Å². The Morgan fingerprint density at radius 2 is 2.21 bits per heavy atom. The number of thioether (sulfide) groups is 1. The molecular formula is C14H17N3OS. The number of carbonyl (C=O) groups is 1. The van der Waals surface area contributed by atoms with E-state index in [0.29, 0.717) is 6.42 Å². The number of para-hydroxylation sites is 1. The zero-order valence-electron chi connectivity index (χ0n) is 11.2. The number of benzene rings is 1. The van der Waals surface area contributed by atoms with Gasteiger partial charge >= 0.3 is 0 Å². The molecule has 1 unspecified atom stereocenters. The van der Waals surface area contributed by atoms with E-state index in [1.165, 1.54) is 4.90 Å². The van der Waals surface area contributed by atoms with Gasteiger partial charge in [0.1, 0.15) is 5.84 Å². The number of amidine groups is 1. The fourth-order valence-electron chi connectivity index (χ4n) is 2.35. The lowest BCUT2D eigenvalue weighted by Crippen LogP contribution is -2.37. The second-order valence-electron chi connectivity index (χ2n) is 5.10. The summed E-state index contributed by atoms with van der Waals surface area (Å²) < 4.78 is 0. The Hall–Kier alpha value is -1.33. The van der Waals surface area contributed by atoms with Crippen molar-refractivity contribution in [1.82, 2.24) is 9.80 Å². The average molecular weight is 275 g/mol. The van der Waals surface area contributed by atoms with E-state index in [4.69, 9.17) is 4.99 Å². The number of hydrogen-bond donors (Lipinski definition) is 0. The van der Waals surface area contributed by atoms with Gasteiger partial charge in [-0.25, -0.2) is 4.99 Å². The third-order valence-corrected chi connectivity index (χ3v) is 4.63. The maximum atomic E-state index is 12.1. The molecule has 1 atom stereocenters. The number of fused-ring (bicyclic) bond motifs is 2. The lowest BCUT2D eigenvalue weighted by atomic mass is 10.3. The van der Waals surface area contributed by atoms with E-state index in [1.54, 1.807) is 11.8 Å². The van der Waals surface area contributed by atoms with Gasteiger partial charge in [-0.15, -0.1) is 11.8 Å². The largest absolute Gasteiger partial charge is 0.308 e. The van der Waals surface area contributed by atoms with E-state index in [2.05, 4.69) is 11.0 Å². The number of likely N-dealkylation sites (tertiary alicyclic amines) is 1. The van der Waals surface area contributed by atoms with Crippen LogP contribution in [0.2, 0.25) is 0 Å². The highest BCUT2D eigenvalue weighted by molar-refractivity contribution is 8.01. The van der Waals surface area contributed by atoms with E-state index < -0.39 is 0 Å². The fourth-order valence-corrected chi connectivity index (χ4v) is 3.56. The minimum Gasteiger partial charge on any atom is -0.308 e. The summed E-state index contributed by atoms with van der Waals surface area (Å²) in [5.41, 5.74) is 0.989. The van der Waals surface area contributed by atoms with Crippen molar-refractivity contribution >= 4 is 29.2 Å². The second kappa shape index (κ2) is 4.98. The van der Waals surface area contributed by atoms with Crippen LogP contribution in [0, 0.1) is 0 Å². The molecule has 1 fully saturated rings. The van der Waals surface area contributed by atoms with Crippen molar-refractivity contribution in [3.8, 4) is 0 Å². The standard InChI is InChI=1S/C14H17N3OS/c1-16(2)7-8-17-13(18)9-12-14(17)15-10-5-3-4-6-11(10)19-12/h3-6,12H,7-9H2,1-2H3. The molecule has 2 aliphatic heterocycles. The number of aliphatic imine (C=N–C) groups is 1. The van der Waals surface area contributed by atoms with Gasteiger partial charge in [-0.2, -0.15) is 0 Å². The van der Waals surface area contributed by atoms with Gasteiger partial charge in [-0.1, -0.05) is 12.1 Å². The predicted octanol–water partition coefficient (Wildman–Crippen LogP) is 1.98. The van der Waals surface area contributed by atoms with Crippen LogP contribution in [0.25, 0.3) is 0 Å². The number of carbonyl (C=O) groups excluding carboxylic acids is 1. The zero-order valence-corrected chi connectivity index (χ0v) is 12.0. The second-order valence-corrected chi connectivity index (χ2v) is 6.34. The molecule has 3 rings (SSSR count). The van der Waals surface area contributed by atoms with E-state index >= 15 is 0 Å². The minimum absolute atomic E-state index is 0.199. The van der Waals surface area contributed by atoms with E-state index in [-0.39, 0.29) is 11.2 Å². The number of rotatable bonds is 3. The van der Waals surface area contributed by atoms with Crippen LogP contribution in [0.3, 0.4) is 0 Å². The summed E-state index contributed by atoms with van der Waals surface area (Å²) in [4.78, 5) is 21.9. The highest BCUT2D eigenvalue weighted by Gasteiger charge is 2.39. The molecule has 0 bridgehead atoms. The van der Waals surface area contributed by atoms with Crippen LogP contribution in [-0.2, 0) is 4.79 Å². The first-order valence-electron chi connectivity index (χ1n) is 6.44. The van der Waals surface area contributed by atoms with E-state index in [0.717, 1.165) is 24.6 Å². The van der Waals surface area contributed by atoms with Crippen molar-refractivity contribution in [3.05, 3.63) is 24.3 Å². The molecule has 4 nitrogen and oxygen atoms in total. The SMILES string of the molecule is CN(C)CCN1C(=O)CC2Sc3ccccc3N=C21. The number of amides is 1. The van der Waals surface area contributed by atoms with Gasteiger partial charge < -0.3 is 4.90 Å². The van der Waals surface area contributed by atoms with Crippen LogP contribution >= 0.6 is 11.8 Å². The van der Waals surface area contributed by atoms with Crippen LogP contribution in [0.1, 0.15) is 6.42 Å². The topological polar surface area (TPSA) is 35.9 Å². The average Bonchev–Trinajstić information content (AvgIpc) is 2.68. The van der Waals surface area contributed by atoms with Gasteiger partial charge in [-0.3, -0.25) is 9.69 Å². The van der Waals surface area contributed by atoms with Crippen molar-refractivity contribution in [2.24, 2.45) is 4.99 Å². The first-order valence-corrected chi connectivity index (χ1v) is 7.32. The molecule has 100 valence electrons. The van der Waals surface area contributed by atoms with Crippen molar-refractivity contribution in [2.75, 3.05) is 27.2 Å². The van der Waals surface area contributed by atoms with Crippen molar-refractivity contribution in [2.45, 2.75) is 16.6 Å². The molecule has 0 N–H and O–H groups in total. The van der Waals surface area contributed by atoms with Crippen molar-refractivity contribution < 1.29 is 4.79 Å². The summed E-state index contributed by atoms with van der Waals surface area (Å²) in [7, 11) is 4.04. The van der Waals surface area contributed by atoms with Gasteiger partial charge in [0.05, 0.1) is 10.9 Å². The van der Waals surface area contributed by atoms with Gasteiger partial charge in [0.15, 0.2) is 0 Å². The van der Waals surface area contributed by atoms with Gasteiger partial charge in [0.2, 0.25) is 5.91 Å². The fraction of sp³-hybridized carbons (Fsp3) is 0.429. The normalized spacial score (nSPS) is 21.4. The predicted molar refractivity (Wildman–Crippen MR) is 78.1 cm³/mol. The Morgan fingerprint density at radius 1 is 1.42 bits per heavy atom. The summed E-state index contributed by atoms with van der Waals surface area (Å²) in [6.07, 6.45) is 0.575. The van der Waals surface area contributed by atoms with Crippen molar-refractivity contribution in [1.29, 1.82) is 0 Å². The Balaban J connectivity index is 1.88. The quantitative estimate of drug-likeness (QED) is 0.846. The van der Waals surface area contributed by atoms with E-state index in [9.17, 15) is 4.79 Å². The molecule has 5 heteroatoms. The summed E-state index contributed by atoms with van der Waals surface area (Å²) in [6, 6.07) is 8.10.